The van der Waals surface area contributed by atoms with E-state index in [1.807, 2.05) is 0 Å². The van der Waals surface area contributed by atoms with E-state index in [9.17, 15) is 14.4 Å². The van der Waals surface area contributed by atoms with Gasteiger partial charge < -0.3 is 14.2 Å². The Morgan fingerprint density at radius 1 is 1.17 bits per heavy atom. The monoisotopic (exact) mass is 334 g/mol. The fourth-order valence-electron chi connectivity index (χ4n) is 3.38. The Hall–Kier alpha value is -2.37. The summed E-state index contributed by atoms with van der Waals surface area (Å²) in [4.78, 5) is 36.9. The highest BCUT2D eigenvalue weighted by Crippen LogP contribution is 2.43. The number of Topliss-reactive ketones (excluding diaryl/α,β-unsaturated/α-hetero) is 1. The average Bonchev–Trinajstić information content (AvgIpc) is 2.81. The summed E-state index contributed by atoms with van der Waals surface area (Å²) in [5.41, 5.74) is -0.445. The Balaban J connectivity index is 2.33. The lowest BCUT2D eigenvalue weighted by Gasteiger charge is -2.30. The molecule has 3 atom stereocenters. The second-order valence-electron chi connectivity index (χ2n) is 6.43. The zero-order valence-electron chi connectivity index (χ0n) is 14.5. The Labute approximate surface area is 141 Å². The predicted octanol–water partition coefficient (Wildman–Crippen LogP) is 2.25. The van der Waals surface area contributed by atoms with Gasteiger partial charge in [0.05, 0.1) is 14.2 Å². The Bertz CT molecular complexity index is 646. The number of carbonyl (C=O) groups excluding carboxylic acids is 3. The molecule has 0 bridgehead atoms. The topological polar surface area (TPSA) is 78.9 Å². The Morgan fingerprint density at radius 3 is 2.25 bits per heavy atom. The Kier molecular flexibility index (Phi) is 4.96. The van der Waals surface area contributed by atoms with Gasteiger partial charge in [-0.15, -0.1) is 0 Å². The highest BCUT2D eigenvalue weighted by atomic mass is 16.6. The fourth-order valence-corrected chi connectivity index (χ4v) is 3.38. The molecule has 0 spiro atoms. The third-order valence-corrected chi connectivity index (χ3v) is 4.56. The molecule has 2 rings (SSSR count). The van der Waals surface area contributed by atoms with E-state index in [-0.39, 0.29) is 5.78 Å². The van der Waals surface area contributed by atoms with Gasteiger partial charge in [-0.1, -0.05) is 6.92 Å². The van der Waals surface area contributed by atoms with Gasteiger partial charge in [-0.3, -0.25) is 14.4 Å². The highest BCUT2D eigenvalue weighted by molar-refractivity contribution is 6.01. The molecule has 0 unspecified atom stereocenters. The molecular formula is C18H22O6. The van der Waals surface area contributed by atoms with E-state index in [1.165, 1.54) is 7.11 Å². The molecule has 0 saturated carbocycles. The van der Waals surface area contributed by atoms with Gasteiger partial charge in [-0.25, -0.2) is 0 Å². The van der Waals surface area contributed by atoms with Crippen molar-refractivity contribution in [3.8, 4) is 5.75 Å². The maximum Gasteiger partial charge on any atom is 0.321 e. The second kappa shape index (κ2) is 6.63. The van der Waals surface area contributed by atoms with Crippen molar-refractivity contribution in [3.05, 3.63) is 29.8 Å². The number of rotatable bonds is 5. The molecule has 0 N–H and O–H groups in total. The number of carbonyl (C=O) groups is 3. The number of hydrogen-bond donors (Lipinski definition) is 0. The molecular weight excluding hydrogens is 312 g/mol. The molecule has 1 aromatic rings. The minimum absolute atomic E-state index is 0.164. The fraction of sp³-hybridized carbons (Fsp3) is 0.500. The lowest BCUT2D eigenvalue weighted by atomic mass is 9.72. The molecule has 1 saturated heterocycles. The van der Waals surface area contributed by atoms with Gasteiger partial charge in [0.25, 0.3) is 0 Å². The van der Waals surface area contributed by atoms with Crippen LogP contribution in [0.3, 0.4) is 0 Å². The molecule has 6 nitrogen and oxygen atoms in total. The number of benzene rings is 1. The molecule has 0 aromatic heterocycles. The third kappa shape index (κ3) is 3.13. The second-order valence-corrected chi connectivity index (χ2v) is 6.43. The van der Waals surface area contributed by atoms with Crippen molar-refractivity contribution < 1.29 is 28.6 Å². The molecule has 1 heterocycles. The minimum atomic E-state index is -1.10. The van der Waals surface area contributed by atoms with Crippen LogP contribution in [0, 0.1) is 17.8 Å². The summed E-state index contributed by atoms with van der Waals surface area (Å²) in [5, 5.41) is 0. The number of ketones is 1. The number of ether oxygens (including phenoxy) is 3. The van der Waals surface area contributed by atoms with Gasteiger partial charge in [0.1, 0.15) is 11.4 Å². The van der Waals surface area contributed by atoms with Crippen LogP contribution in [-0.4, -0.2) is 37.5 Å². The van der Waals surface area contributed by atoms with Gasteiger partial charge >= 0.3 is 11.9 Å². The van der Waals surface area contributed by atoms with Gasteiger partial charge in [0, 0.05) is 17.4 Å². The first-order valence-electron chi connectivity index (χ1n) is 7.72. The maximum atomic E-state index is 12.8. The number of esters is 2. The normalized spacial score (nSPS) is 23.3. The SMILES string of the molecule is COC(=O)[C@H]1C(=O)OC(C)(C)[C@@H]1[C@H](C)C(=O)c1ccc(OC)cc1. The van der Waals surface area contributed by atoms with E-state index in [4.69, 9.17) is 14.2 Å². The summed E-state index contributed by atoms with van der Waals surface area (Å²) in [6.07, 6.45) is 0. The Morgan fingerprint density at radius 2 is 1.75 bits per heavy atom. The van der Waals surface area contributed by atoms with Crippen LogP contribution in [0.4, 0.5) is 0 Å². The van der Waals surface area contributed by atoms with Crippen LogP contribution in [0.15, 0.2) is 24.3 Å². The molecule has 24 heavy (non-hydrogen) atoms. The average molecular weight is 334 g/mol. The first-order chi connectivity index (χ1) is 11.2. The van der Waals surface area contributed by atoms with Gasteiger partial charge in [0.15, 0.2) is 11.7 Å². The van der Waals surface area contributed by atoms with Crippen LogP contribution < -0.4 is 4.74 Å². The zero-order chi connectivity index (χ0) is 18.1. The van der Waals surface area contributed by atoms with Crippen molar-refractivity contribution in [2.75, 3.05) is 14.2 Å². The first-order valence-corrected chi connectivity index (χ1v) is 7.72. The van der Waals surface area contributed by atoms with E-state index < -0.39 is 35.3 Å². The smallest absolute Gasteiger partial charge is 0.321 e. The van der Waals surface area contributed by atoms with E-state index in [0.717, 1.165) is 0 Å². The van der Waals surface area contributed by atoms with Crippen molar-refractivity contribution in [3.63, 3.8) is 0 Å². The summed E-state index contributed by atoms with van der Waals surface area (Å²) in [5.74, 6) is -3.14. The highest BCUT2D eigenvalue weighted by Gasteiger charge is 2.57. The molecule has 1 aliphatic heterocycles. The molecule has 130 valence electrons. The lowest BCUT2D eigenvalue weighted by molar-refractivity contribution is -0.156. The molecule has 6 heteroatoms. The van der Waals surface area contributed by atoms with Crippen LogP contribution in [0.1, 0.15) is 31.1 Å². The van der Waals surface area contributed by atoms with E-state index in [1.54, 1.807) is 52.1 Å². The van der Waals surface area contributed by atoms with E-state index >= 15 is 0 Å². The van der Waals surface area contributed by atoms with Crippen molar-refractivity contribution >= 4 is 17.7 Å². The van der Waals surface area contributed by atoms with Gasteiger partial charge in [-0.05, 0) is 38.1 Å². The van der Waals surface area contributed by atoms with E-state index in [0.29, 0.717) is 11.3 Å². The van der Waals surface area contributed by atoms with Crippen LogP contribution in [0.5, 0.6) is 5.75 Å². The summed E-state index contributed by atoms with van der Waals surface area (Å²) < 4.78 is 15.1. The van der Waals surface area contributed by atoms with Gasteiger partial charge in [-0.2, -0.15) is 0 Å². The zero-order valence-corrected chi connectivity index (χ0v) is 14.5. The molecule has 1 aliphatic rings. The molecule has 1 aromatic carbocycles. The quantitative estimate of drug-likeness (QED) is 0.467. The van der Waals surface area contributed by atoms with Crippen molar-refractivity contribution in [1.29, 1.82) is 0 Å². The summed E-state index contributed by atoms with van der Waals surface area (Å²) in [7, 11) is 2.76. The van der Waals surface area contributed by atoms with Gasteiger partial charge in [0.2, 0.25) is 0 Å². The van der Waals surface area contributed by atoms with Crippen LogP contribution in [-0.2, 0) is 19.1 Å². The molecule has 0 radical (unpaired) electrons. The van der Waals surface area contributed by atoms with Crippen LogP contribution in [0.25, 0.3) is 0 Å². The maximum absolute atomic E-state index is 12.8. The minimum Gasteiger partial charge on any atom is -0.497 e. The van der Waals surface area contributed by atoms with E-state index in [2.05, 4.69) is 0 Å². The largest absolute Gasteiger partial charge is 0.497 e. The van der Waals surface area contributed by atoms with Crippen LogP contribution in [0.2, 0.25) is 0 Å². The van der Waals surface area contributed by atoms with Crippen LogP contribution >= 0.6 is 0 Å². The molecule has 0 amide bonds. The summed E-state index contributed by atoms with van der Waals surface area (Å²) in [6.45, 7) is 5.11. The summed E-state index contributed by atoms with van der Waals surface area (Å²) >= 11 is 0. The number of hydrogen-bond acceptors (Lipinski definition) is 6. The predicted molar refractivity (Wildman–Crippen MR) is 85.7 cm³/mol. The molecule has 0 aliphatic carbocycles. The first kappa shape index (κ1) is 18.0. The lowest BCUT2D eigenvalue weighted by Crippen LogP contribution is -2.41. The van der Waals surface area contributed by atoms with Crippen molar-refractivity contribution in [2.24, 2.45) is 17.8 Å². The van der Waals surface area contributed by atoms with Crippen molar-refractivity contribution in [1.82, 2.24) is 0 Å². The summed E-state index contributed by atoms with van der Waals surface area (Å²) in [6, 6.07) is 6.71. The standard InChI is InChI=1S/C18H22O6/c1-10(15(19)11-6-8-12(22-4)9-7-11)14-13(16(20)23-5)17(21)24-18(14,2)3/h6-10,13-14H,1-5H3/t10-,13-,14+/m0/s1. The van der Waals surface area contributed by atoms with Crippen molar-refractivity contribution in [2.45, 2.75) is 26.4 Å². The number of methoxy groups -OCH3 is 2. The molecule has 1 fully saturated rings. The third-order valence-electron chi connectivity index (χ3n) is 4.56. The number of cyclic esters (lactones) is 1.